The maximum Gasteiger partial charge on any atom is 0.460 e. The van der Waals surface area contributed by atoms with E-state index in [9.17, 15) is 30.7 Å². The molecule has 3 rings (SSSR count). The Labute approximate surface area is 141 Å². The van der Waals surface area contributed by atoms with Gasteiger partial charge in [-0.25, -0.2) is 0 Å². The highest BCUT2D eigenvalue weighted by Gasteiger charge is 2.73. The summed E-state index contributed by atoms with van der Waals surface area (Å²) < 4.78 is 106. The predicted octanol–water partition coefficient (Wildman–Crippen LogP) is 2.83. The van der Waals surface area contributed by atoms with Gasteiger partial charge in [-0.1, -0.05) is 0 Å². The first kappa shape index (κ1) is 18.4. The number of rotatable bonds is 6. The zero-order valence-electron chi connectivity index (χ0n) is 12.4. The predicted molar refractivity (Wildman–Crippen MR) is 70.3 cm³/mol. The molecule has 1 aromatic heterocycles. The number of ether oxygens (including phenoxy) is 2. The van der Waals surface area contributed by atoms with Crippen LogP contribution < -0.4 is 9.47 Å². The van der Waals surface area contributed by atoms with Gasteiger partial charge in [0.25, 0.3) is 11.8 Å². The molecule has 5 nitrogen and oxygen atoms in total. The number of piperidine rings is 1. The number of hydrogen-bond acceptors (Lipinski definition) is 6. The molecule has 2 aliphatic heterocycles. The second-order valence-corrected chi connectivity index (χ2v) is 6.43. The first-order chi connectivity index (χ1) is 11.5. The van der Waals surface area contributed by atoms with Gasteiger partial charge in [-0.3, -0.25) is 4.90 Å². The van der Waals surface area contributed by atoms with E-state index in [1.165, 1.54) is 0 Å². The Hall–Kier alpha value is -1.37. The Kier molecular flexibility index (Phi) is 4.50. The molecule has 13 heteroatoms. The summed E-state index contributed by atoms with van der Waals surface area (Å²) in [5.41, 5.74) is 0. The van der Waals surface area contributed by atoms with Gasteiger partial charge in [0, 0.05) is 19.0 Å². The summed E-state index contributed by atoms with van der Waals surface area (Å²) >= 11 is 0.515. The Balaban J connectivity index is 1.63. The number of nitrogens with zero attached hydrogens (tertiary/aromatic N) is 3. The molecule has 3 unspecified atom stereocenters. The van der Waals surface area contributed by atoms with Crippen LogP contribution in [0.1, 0.15) is 6.42 Å². The Morgan fingerprint density at radius 2 is 1.72 bits per heavy atom. The van der Waals surface area contributed by atoms with Crippen molar-refractivity contribution in [1.82, 2.24) is 13.6 Å². The molecule has 0 radical (unpaired) electrons. The van der Waals surface area contributed by atoms with Crippen molar-refractivity contribution in [1.29, 1.82) is 0 Å². The normalized spacial score (nSPS) is 26.9. The molecule has 0 saturated carbocycles. The van der Waals surface area contributed by atoms with Gasteiger partial charge < -0.3 is 9.47 Å². The summed E-state index contributed by atoms with van der Waals surface area (Å²) in [6.45, 7) is 0.113. The van der Waals surface area contributed by atoms with E-state index in [1.807, 2.05) is 0 Å². The molecule has 0 aliphatic carbocycles. The van der Waals surface area contributed by atoms with Gasteiger partial charge in [0.05, 0.1) is 11.7 Å². The lowest BCUT2D eigenvalue weighted by atomic mass is 10.0. The molecule has 25 heavy (non-hydrogen) atoms. The zero-order chi connectivity index (χ0) is 18.5. The number of halogens is 7. The van der Waals surface area contributed by atoms with E-state index in [2.05, 4.69) is 18.4 Å². The fraction of sp³-hybridized carbons (Fsp3) is 0.833. The fourth-order valence-corrected chi connectivity index (χ4v) is 3.24. The van der Waals surface area contributed by atoms with Crippen LogP contribution in [-0.4, -0.2) is 64.0 Å². The van der Waals surface area contributed by atoms with E-state index in [4.69, 9.17) is 4.74 Å². The molecular weight excluding hydrogens is 383 g/mol. The van der Waals surface area contributed by atoms with Crippen LogP contribution in [0.5, 0.6) is 11.8 Å². The van der Waals surface area contributed by atoms with Crippen molar-refractivity contribution < 1.29 is 40.2 Å². The molecule has 142 valence electrons. The molecular formula is C12H12F7N3O2S. The monoisotopic (exact) mass is 395 g/mol. The third-order valence-electron chi connectivity index (χ3n) is 4.17. The smallest absolute Gasteiger partial charge is 0.460 e. The molecule has 1 aromatic rings. The van der Waals surface area contributed by atoms with Gasteiger partial charge >= 0.3 is 18.0 Å². The largest absolute Gasteiger partial charge is 0.468 e. The van der Waals surface area contributed by atoms with Gasteiger partial charge in [-0.05, 0) is 13.0 Å². The first-order valence-corrected chi connectivity index (χ1v) is 7.91. The second-order valence-electron chi connectivity index (χ2n) is 5.90. The van der Waals surface area contributed by atoms with Crippen LogP contribution >= 0.6 is 11.7 Å². The zero-order valence-corrected chi connectivity index (χ0v) is 13.2. The Morgan fingerprint density at radius 1 is 1.04 bits per heavy atom. The molecule has 2 saturated heterocycles. The van der Waals surface area contributed by atoms with E-state index >= 15 is 0 Å². The highest BCUT2D eigenvalue weighted by atomic mass is 32.1. The van der Waals surface area contributed by atoms with Crippen LogP contribution in [0.4, 0.5) is 30.7 Å². The molecule has 0 N–H and O–H groups in total. The number of aromatic nitrogens is 2. The summed E-state index contributed by atoms with van der Waals surface area (Å²) in [5.74, 6) is -12.4. The number of hydrogen-bond donors (Lipinski definition) is 0. The minimum Gasteiger partial charge on any atom is -0.468 e. The van der Waals surface area contributed by atoms with Gasteiger partial charge in [0.2, 0.25) is 0 Å². The number of alkyl halides is 7. The highest BCUT2D eigenvalue weighted by Crippen LogP contribution is 2.46. The van der Waals surface area contributed by atoms with Crippen molar-refractivity contribution in [3.05, 3.63) is 0 Å². The van der Waals surface area contributed by atoms with Crippen LogP contribution in [0.25, 0.3) is 0 Å². The van der Waals surface area contributed by atoms with Crippen molar-refractivity contribution in [2.45, 2.75) is 30.5 Å². The maximum absolute atomic E-state index is 13.3. The van der Waals surface area contributed by atoms with Crippen LogP contribution in [-0.2, 0) is 0 Å². The van der Waals surface area contributed by atoms with Gasteiger partial charge in [0.15, 0.2) is 6.61 Å². The standard InChI is InChI=1S/C12H12F7N3O2S/c13-10(14,11(15,16)12(17,18)19)5-23-8-9(21-25-20-8)24-7-4-22-2-1-6(7)3-22/h6-7H,1-5H2. The van der Waals surface area contributed by atoms with Gasteiger partial charge in [-0.15, -0.1) is 8.75 Å². The first-order valence-electron chi connectivity index (χ1n) is 7.18. The average Bonchev–Trinajstić information content (AvgIpc) is 3.20. The van der Waals surface area contributed by atoms with Crippen molar-refractivity contribution in [2.24, 2.45) is 5.92 Å². The van der Waals surface area contributed by atoms with E-state index in [0.29, 0.717) is 18.3 Å². The van der Waals surface area contributed by atoms with Crippen LogP contribution in [0.3, 0.4) is 0 Å². The maximum atomic E-state index is 13.3. The highest BCUT2D eigenvalue weighted by molar-refractivity contribution is 6.99. The SMILES string of the molecule is FC(F)(F)C(F)(F)C(F)(F)COc1nsnc1OC1CN2CCC1C2. The lowest BCUT2D eigenvalue weighted by Gasteiger charge is -2.27. The third kappa shape index (κ3) is 3.35. The minimum absolute atomic E-state index is 0.213. The summed E-state index contributed by atoms with van der Waals surface area (Å²) in [5, 5.41) is 0. The van der Waals surface area contributed by atoms with Crippen LogP contribution in [0, 0.1) is 5.92 Å². The Morgan fingerprint density at radius 3 is 2.28 bits per heavy atom. The van der Waals surface area contributed by atoms with E-state index in [-0.39, 0.29) is 17.9 Å². The molecule has 2 fully saturated rings. The van der Waals surface area contributed by atoms with Gasteiger partial charge in [0.1, 0.15) is 6.10 Å². The molecule has 2 aliphatic rings. The van der Waals surface area contributed by atoms with E-state index in [0.717, 1.165) is 19.5 Å². The molecule has 0 aromatic carbocycles. The van der Waals surface area contributed by atoms with Crippen molar-refractivity contribution in [3.63, 3.8) is 0 Å². The van der Waals surface area contributed by atoms with Crippen molar-refractivity contribution >= 4 is 11.7 Å². The van der Waals surface area contributed by atoms with Crippen LogP contribution in [0.15, 0.2) is 0 Å². The lowest BCUT2D eigenvalue weighted by Crippen LogP contribution is -2.54. The van der Waals surface area contributed by atoms with Crippen LogP contribution in [0.2, 0.25) is 0 Å². The topological polar surface area (TPSA) is 47.5 Å². The summed E-state index contributed by atoms with van der Waals surface area (Å²) in [7, 11) is 0. The average molecular weight is 395 g/mol. The quantitative estimate of drug-likeness (QED) is 0.694. The summed E-state index contributed by atoms with van der Waals surface area (Å²) in [4.78, 5) is 2.12. The molecule has 3 heterocycles. The lowest BCUT2D eigenvalue weighted by molar-refractivity contribution is -0.358. The molecule has 3 atom stereocenters. The Bertz CT molecular complexity index is 624. The summed E-state index contributed by atoms with van der Waals surface area (Å²) in [6, 6.07) is 0. The summed E-state index contributed by atoms with van der Waals surface area (Å²) in [6.07, 6.45) is -5.80. The number of fused-ring (bicyclic) bond motifs is 2. The molecule has 0 amide bonds. The molecule has 2 bridgehead atoms. The van der Waals surface area contributed by atoms with Crippen molar-refractivity contribution in [3.8, 4) is 11.8 Å². The van der Waals surface area contributed by atoms with Crippen molar-refractivity contribution in [2.75, 3.05) is 26.2 Å². The minimum atomic E-state index is -6.41. The second kappa shape index (κ2) is 6.11. The third-order valence-corrected chi connectivity index (χ3v) is 4.67. The van der Waals surface area contributed by atoms with E-state index < -0.39 is 30.5 Å². The fourth-order valence-electron chi connectivity index (χ4n) is 2.80. The van der Waals surface area contributed by atoms with Gasteiger partial charge in [-0.2, -0.15) is 30.7 Å². The molecule has 0 spiro atoms. The van der Waals surface area contributed by atoms with E-state index in [1.54, 1.807) is 0 Å².